The van der Waals surface area contributed by atoms with Crippen LogP contribution in [0, 0.1) is 11.6 Å². The Morgan fingerprint density at radius 3 is 2.67 bits per heavy atom. The molecule has 1 aromatic carbocycles. The Bertz CT molecular complexity index is 684. The number of carbonyl (C=O) groups is 1. The monoisotopic (exact) mass is 337 g/mol. The van der Waals surface area contributed by atoms with Crippen molar-refractivity contribution in [2.24, 2.45) is 0 Å². The average molecular weight is 337 g/mol. The fourth-order valence-electron chi connectivity index (χ4n) is 2.47. The molecule has 0 atom stereocenters. The first-order valence-electron chi connectivity index (χ1n) is 7.64. The highest BCUT2D eigenvalue weighted by molar-refractivity contribution is 5.93. The molecule has 0 radical (unpaired) electrons. The molecule has 0 N–H and O–H groups in total. The van der Waals surface area contributed by atoms with Gasteiger partial charge in [-0.1, -0.05) is 0 Å². The van der Waals surface area contributed by atoms with Gasteiger partial charge in [0.2, 0.25) is 5.91 Å². The van der Waals surface area contributed by atoms with E-state index in [1.165, 1.54) is 17.2 Å². The molecule has 1 aromatic heterocycles. The summed E-state index contributed by atoms with van der Waals surface area (Å²) in [6.07, 6.45) is 1.52. The number of ether oxygens (including phenoxy) is 2. The van der Waals surface area contributed by atoms with Crippen molar-refractivity contribution in [1.29, 1.82) is 0 Å². The van der Waals surface area contributed by atoms with Gasteiger partial charge >= 0.3 is 0 Å². The van der Waals surface area contributed by atoms with Gasteiger partial charge in [0.1, 0.15) is 17.4 Å². The highest BCUT2D eigenvalue weighted by atomic mass is 19.1. The molecule has 1 amide bonds. The standard InChI is InChI=1S/C17H17F2NO4/c18-12-4-5-15(14(19)9-12)20(11-13-3-1-6-22-13)16(21)10-17-23-7-2-8-24-17/h1,3-6,9,17H,2,7-8,10-11H2. The lowest BCUT2D eigenvalue weighted by atomic mass is 10.2. The zero-order valence-electron chi connectivity index (χ0n) is 12.9. The first kappa shape index (κ1) is 16.6. The Morgan fingerprint density at radius 1 is 1.21 bits per heavy atom. The van der Waals surface area contributed by atoms with Crippen molar-refractivity contribution in [1.82, 2.24) is 0 Å². The number of benzene rings is 1. The van der Waals surface area contributed by atoms with Crippen LogP contribution in [0.1, 0.15) is 18.6 Å². The van der Waals surface area contributed by atoms with Crippen molar-refractivity contribution < 1.29 is 27.5 Å². The molecule has 128 valence electrons. The van der Waals surface area contributed by atoms with Crippen LogP contribution in [0.2, 0.25) is 0 Å². The topological polar surface area (TPSA) is 51.9 Å². The molecule has 2 heterocycles. The Hall–Kier alpha value is -2.25. The van der Waals surface area contributed by atoms with Gasteiger partial charge in [-0.05, 0) is 30.7 Å². The third-order valence-corrected chi connectivity index (χ3v) is 3.63. The Kier molecular flexibility index (Phi) is 5.22. The van der Waals surface area contributed by atoms with Crippen LogP contribution < -0.4 is 4.90 Å². The zero-order chi connectivity index (χ0) is 16.9. The average Bonchev–Trinajstić information content (AvgIpc) is 3.07. The van der Waals surface area contributed by atoms with Crippen LogP contribution in [-0.4, -0.2) is 25.4 Å². The van der Waals surface area contributed by atoms with Crippen LogP contribution >= 0.6 is 0 Å². The summed E-state index contributed by atoms with van der Waals surface area (Å²) in [5.41, 5.74) is -0.0198. The molecule has 1 saturated heterocycles. The van der Waals surface area contributed by atoms with Crippen molar-refractivity contribution in [2.45, 2.75) is 25.7 Å². The first-order valence-corrected chi connectivity index (χ1v) is 7.64. The maximum atomic E-state index is 14.1. The predicted molar refractivity (Wildman–Crippen MR) is 81.2 cm³/mol. The summed E-state index contributed by atoms with van der Waals surface area (Å²) in [5.74, 6) is -1.44. The van der Waals surface area contributed by atoms with Crippen LogP contribution in [0.3, 0.4) is 0 Å². The summed E-state index contributed by atoms with van der Waals surface area (Å²) < 4.78 is 43.3. The van der Waals surface area contributed by atoms with E-state index in [2.05, 4.69) is 0 Å². The van der Waals surface area contributed by atoms with E-state index < -0.39 is 23.8 Å². The molecule has 7 heteroatoms. The number of halogens is 2. The Labute approximate surface area is 137 Å². The quantitative estimate of drug-likeness (QED) is 0.840. The maximum absolute atomic E-state index is 14.1. The third kappa shape index (κ3) is 3.98. The number of furan rings is 1. The van der Waals surface area contributed by atoms with Crippen molar-refractivity contribution >= 4 is 11.6 Å². The molecule has 1 fully saturated rings. The lowest BCUT2D eigenvalue weighted by Gasteiger charge is -2.27. The Morgan fingerprint density at radius 2 is 2.00 bits per heavy atom. The summed E-state index contributed by atoms with van der Waals surface area (Å²) in [6.45, 7) is 1.06. The van der Waals surface area contributed by atoms with Crippen LogP contribution in [-0.2, 0) is 20.8 Å². The number of nitrogens with zero attached hydrogens (tertiary/aromatic N) is 1. The first-order chi connectivity index (χ1) is 11.6. The van der Waals surface area contributed by atoms with Gasteiger partial charge in [0.15, 0.2) is 6.29 Å². The molecule has 5 nitrogen and oxygen atoms in total. The van der Waals surface area contributed by atoms with Crippen molar-refractivity contribution in [2.75, 3.05) is 18.1 Å². The summed E-state index contributed by atoms with van der Waals surface area (Å²) in [7, 11) is 0. The molecule has 24 heavy (non-hydrogen) atoms. The molecule has 0 aliphatic carbocycles. The van der Waals surface area contributed by atoms with Crippen molar-refractivity contribution in [3.05, 3.63) is 54.0 Å². The SMILES string of the molecule is O=C(CC1OCCCO1)N(Cc1ccco1)c1ccc(F)cc1F. The van der Waals surface area contributed by atoms with Gasteiger partial charge in [0, 0.05) is 6.07 Å². The Balaban J connectivity index is 1.81. The smallest absolute Gasteiger partial charge is 0.232 e. The van der Waals surface area contributed by atoms with E-state index in [1.54, 1.807) is 12.1 Å². The highest BCUT2D eigenvalue weighted by Crippen LogP contribution is 2.24. The van der Waals surface area contributed by atoms with Gasteiger partial charge in [-0.15, -0.1) is 0 Å². The van der Waals surface area contributed by atoms with Gasteiger partial charge in [-0.2, -0.15) is 0 Å². The third-order valence-electron chi connectivity index (χ3n) is 3.63. The molecular formula is C17H17F2NO4. The molecule has 1 aliphatic rings. The fraction of sp³-hybridized carbons (Fsp3) is 0.353. The van der Waals surface area contributed by atoms with E-state index in [0.29, 0.717) is 19.0 Å². The van der Waals surface area contributed by atoms with Crippen LogP contribution in [0.5, 0.6) is 0 Å². The minimum atomic E-state index is -0.819. The van der Waals surface area contributed by atoms with Gasteiger partial charge < -0.3 is 18.8 Å². The zero-order valence-corrected chi connectivity index (χ0v) is 12.9. The second-order valence-electron chi connectivity index (χ2n) is 5.38. The molecule has 1 aliphatic heterocycles. The second-order valence-corrected chi connectivity index (χ2v) is 5.38. The van der Waals surface area contributed by atoms with Gasteiger partial charge in [-0.25, -0.2) is 8.78 Å². The lowest BCUT2D eigenvalue weighted by molar-refractivity contribution is -0.183. The van der Waals surface area contributed by atoms with Gasteiger partial charge in [0.05, 0.1) is 38.1 Å². The largest absolute Gasteiger partial charge is 0.467 e. The molecular weight excluding hydrogens is 320 g/mol. The molecule has 0 spiro atoms. The summed E-state index contributed by atoms with van der Waals surface area (Å²) in [5, 5.41) is 0. The van der Waals surface area contributed by atoms with E-state index in [-0.39, 0.29) is 18.7 Å². The van der Waals surface area contributed by atoms with E-state index in [0.717, 1.165) is 18.6 Å². The number of anilines is 1. The summed E-state index contributed by atoms with van der Waals surface area (Å²) >= 11 is 0. The predicted octanol–water partition coefficient (Wildman–Crippen LogP) is 3.24. The number of hydrogen-bond donors (Lipinski definition) is 0. The van der Waals surface area contributed by atoms with E-state index >= 15 is 0 Å². The second kappa shape index (κ2) is 7.55. The van der Waals surface area contributed by atoms with E-state index in [4.69, 9.17) is 13.9 Å². The number of carbonyl (C=O) groups excluding carboxylic acids is 1. The molecule has 0 bridgehead atoms. The normalized spacial score (nSPS) is 15.4. The van der Waals surface area contributed by atoms with Crippen LogP contribution in [0.25, 0.3) is 0 Å². The highest BCUT2D eigenvalue weighted by Gasteiger charge is 2.26. The van der Waals surface area contributed by atoms with Crippen molar-refractivity contribution in [3.8, 4) is 0 Å². The van der Waals surface area contributed by atoms with Gasteiger partial charge in [-0.3, -0.25) is 4.79 Å². The summed E-state index contributed by atoms with van der Waals surface area (Å²) in [6, 6.07) is 6.43. The van der Waals surface area contributed by atoms with E-state index in [9.17, 15) is 13.6 Å². The minimum absolute atomic E-state index is 0.0198. The molecule has 0 unspecified atom stereocenters. The van der Waals surface area contributed by atoms with Gasteiger partial charge in [0.25, 0.3) is 0 Å². The summed E-state index contributed by atoms with van der Waals surface area (Å²) in [4.78, 5) is 13.8. The maximum Gasteiger partial charge on any atom is 0.232 e. The number of rotatable bonds is 5. The number of amides is 1. The van der Waals surface area contributed by atoms with Crippen molar-refractivity contribution in [3.63, 3.8) is 0 Å². The fourth-order valence-corrected chi connectivity index (χ4v) is 2.47. The molecule has 3 rings (SSSR count). The number of hydrogen-bond acceptors (Lipinski definition) is 4. The van der Waals surface area contributed by atoms with Crippen LogP contribution in [0.4, 0.5) is 14.5 Å². The molecule has 0 saturated carbocycles. The lowest BCUT2D eigenvalue weighted by Crippen LogP contribution is -2.36. The van der Waals surface area contributed by atoms with E-state index in [1.807, 2.05) is 0 Å². The van der Waals surface area contributed by atoms with Crippen LogP contribution in [0.15, 0.2) is 41.0 Å². The molecule has 2 aromatic rings. The minimum Gasteiger partial charge on any atom is -0.467 e.